The smallest absolute Gasteiger partial charge is 0.258 e. The van der Waals surface area contributed by atoms with Crippen LogP contribution in [0.3, 0.4) is 0 Å². The van der Waals surface area contributed by atoms with Crippen molar-refractivity contribution < 1.29 is 0 Å². The van der Waals surface area contributed by atoms with Crippen molar-refractivity contribution in [2.75, 3.05) is 0 Å². The van der Waals surface area contributed by atoms with Crippen molar-refractivity contribution in [3.05, 3.63) is 46.0 Å². The van der Waals surface area contributed by atoms with E-state index in [1.807, 2.05) is 25.3 Å². The van der Waals surface area contributed by atoms with Gasteiger partial charge in [-0.15, -0.1) is 0 Å². The van der Waals surface area contributed by atoms with E-state index in [2.05, 4.69) is 27.6 Å². The molecule has 0 fully saturated rings. The fourth-order valence-corrected chi connectivity index (χ4v) is 1.72. The molecule has 2 aromatic rings. The molecule has 0 aromatic carbocycles. The van der Waals surface area contributed by atoms with Gasteiger partial charge in [0.15, 0.2) is 0 Å². The molecule has 0 atom stereocenters. The van der Waals surface area contributed by atoms with Gasteiger partial charge in [0.2, 0.25) is 0 Å². The molecule has 72 valence electrons. The molecule has 0 spiro atoms. The molecule has 0 aliphatic heterocycles. The standard InChI is InChI=1S/C10H9IN2O/c1-7-2-3-9-12-8(5-11)4-10(14)13(9)6-7/h2-4,6H,5H2,1H3. The Bertz CT molecular complexity index is 533. The molecular weight excluding hydrogens is 291 g/mol. The first kappa shape index (κ1) is 9.64. The van der Waals surface area contributed by atoms with Crippen molar-refractivity contribution in [1.82, 2.24) is 9.38 Å². The summed E-state index contributed by atoms with van der Waals surface area (Å²) < 4.78 is 2.34. The molecule has 0 aliphatic carbocycles. The minimum atomic E-state index is -0.00892. The average molecular weight is 300 g/mol. The number of fused-ring (bicyclic) bond motifs is 1. The van der Waals surface area contributed by atoms with Crippen LogP contribution in [0.1, 0.15) is 11.3 Å². The molecule has 3 nitrogen and oxygen atoms in total. The highest BCUT2D eigenvalue weighted by Crippen LogP contribution is 2.04. The summed E-state index contributed by atoms with van der Waals surface area (Å²) in [6.45, 7) is 1.96. The fraction of sp³-hybridized carbons (Fsp3) is 0.200. The molecule has 2 aromatic heterocycles. The Hall–Kier alpha value is -0.910. The number of nitrogens with zero attached hydrogens (tertiary/aromatic N) is 2. The largest absolute Gasteiger partial charge is 0.269 e. The first-order valence-corrected chi connectivity index (χ1v) is 5.78. The fourth-order valence-electron chi connectivity index (χ4n) is 1.33. The lowest BCUT2D eigenvalue weighted by molar-refractivity contribution is 1.01. The molecule has 0 bridgehead atoms. The Balaban J connectivity index is 2.83. The van der Waals surface area contributed by atoms with Crippen LogP contribution in [-0.2, 0) is 4.43 Å². The Labute approximate surface area is 94.9 Å². The second-order valence-electron chi connectivity index (χ2n) is 3.15. The zero-order valence-corrected chi connectivity index (χ0v) is 9.85. The van der Waals surface area contributed by atoms with Crippen LogP contribution in [-0.4, -0.2) is 9.38 Å². The summed E-state index contributed by atoms with van der Waals surface area (Å²) in [5.74, 6) is 0. The van der Waals surface area contributed by atoms with E-state index in [-0.39, 0.29) is 5.56 Å². The third-order valence-electron chi connectivity index (χ3n) is 2.00. The molecule has 0 saturated carbocycles. The summed E-state index contributed by atoms with van der Waals surface area (Å²) in [4.78, 5) is 16.0. The van der Waals surface area contributed by atoms with E-state index in [1.54, 1.807) is 10.5 Å². The Morgan fingerprint density at radius 3 is 3.00 bits per heavy atom. The van der Waals surface area contributed by atoms with Gasteiger partial charge in [-0.3, -0.25) is 9.20 Å². The number of halogens is 1. The summed E-state index contributed by atoms with van der Waals surface area (Å²) in [5.41, 5.74) is 2.60. The molecule has 2 heterocycles. The summed E-state index contributed by atoms with van der Waals surface area (Å²) >= 11 is 2.20. The van der Waals surface area contributed by atoms with Crippen LogP contribution < -0.4 is 5.56 Å². The molecule has 0 radical (unpaired) electrons. The van der Waals surface area contributed by atoms with E-state index in [9.17, 15) is 4.79 Å². The number of hydrogen-bond acceptors (Lipinski definition) is 2. The van der Waals surface area contributed by atoms with Gasteiger partial charge in [-0.1, -0.05) is 28.7 Å². The molecule has 0 N–H and O–H groups in total. The summed E-state index contributed by atoms with van der Waals surface area (Å²) in [6, 6.07) is 5.41. The second kappa shape index (κ2) is 3.68. The Morgan fingerprint density at radius 2 is 2.29 bits per heavy atom. The lowest BCUT2D eigenvalue weighted by atomic mass is 10.3. The average Bonchev–Trinajstić information content (AvgIpc) is 2.19. The highest BCUT2D eigenvalue weighted by Gasteiger charge is 2.00. The van der Waals surface area contributed by atoms with E-state index in [4.69, 9.17) is 0 Å². The third-order valence-corrected chi connectivity index (χ3v) is 2.78. The minimum absolute atomic E-state index is 0.00892. The molecular formula is C10H9IN2O. The van der Waals surface area contributed by atoms with E-state index in [0.29, 0.717) is 0 Å². The van der Waals surface area contributed by atoms with Crippen molar-refractivity contribution in [2.45, 2.75) is 11.4 Å². The molecule has 0 aliphatic rings. The van der Waals surface area contributed by atoms with Gasteiger partial charge in [0.1, 0.15) is 5.65 Å². The zero-order chi connectivity index (χ0) is 10.1. The van der Waals surface area contributed by atoms with E-state index in [0.717, 1.165) is 21.3 Å². The van der Waals surface area contributed by atoms with Crippen LogP contribution in [0.25, 0.3) is 5.65 Å². The van der Waals surface area contributed by atoms with Gasteiger partial charge in [0, 0.05) is 16.7 Å². The van der Waals surface area contributed by atoms with Gasteiger partial charge in [-0.25, -0.2) is 4.98 Å². The van der Waals surface area contributed by atoms with Crippen molar-refractivity contribution >= 4 is 28.2 Å². The molecule has 0 unspecified atom stereocenters. The van der Waals surface area contributed by atoms with Crippen molar-refractivity contribution in [3.63, 3.8) is 0 Å². The van der Waals surface area contributed by atoms with Crippen LogP contribution in [0.2, 0.25) is 0 Å². The number of aryl methyl sites for hydroxylation is 1. The topological polar surface area (TPSA) is 34.4 Å². The predicted octanol–water partition coefficient (Wildman–Crippen LogP) is 1.94. The normalized spacial score (nSPS) is 10.7. The number of hydrogen-bond donors (Lipinski definition) is 0. The van der Waals surface area contributed by atoms with Crippen molar-refractivity contribution in [1.29, 1.82) is 0 Å². The van der Waals surface area contributed by atoms with Gasteiger partial charge < -0.3 is 0 Å². The SMILES string of the molecule is Cc1ccc2nc(CI)cc(=O)n2c1. The molecule has 2 rings (SSSR count). The van der Waals surface area contributed by atoms with Crippen LogP contribution in [0, 0.1) is 6.92 Å². The first-order chi connectivity index (χ1) is 6.70. The van der Waals surface area contributed by atoms with Crippen LogP contribution >= 0.6 is 22.6 Å². The number of rotatable bonds is 1. The second-order valence-corrected chi connectivity index (χ2v) is 3.92. The maximum Gasteiger partial charge on any atom is 0.258 e. The van der Waals surface area contributed by atoms with E-state index < -0.39 is 0 Å². The maximum absolute atomic E-state index is 11.6. The Morgan fingerprint density at radius 1 is 1.50 bits per heavy atom. The van der Waals surface area contributed by atoms with Gasteiger partial charge in [-0.05, 0) is 18.6 Å². The van der Waals surface area contributed by atoms with Crippen LogP contribution in [0.5, 0.6) is 0 Å². The lowest BCUT2D eigenvalue weighted by Gasteiger charge is -2.02. The van der Waals surface area contributed by atoms with E-state index in [1.165, 1.54) is 0 Å². The van der Waals surface area contributed by atoms with Gasteiger partial charge >= 0.3 is 0 Å². The number of aromatic nitrogens is 2. The van der Waals surface area contributed by atoms with Gasteiger partial charge in [-0.2, -0.15) is 0 Å². The summed E-state index contributed by atoms with van der Waals surface area (Å²) in [6.07, 6.45) is 1.81. The Kier molecular flexibility index (Phi) is 2.54. The van der Waals surface area contributed by atoms with E-state index >= 15 is 0 Å². The summed E-state index contributed by atoms with van der Waals surface area (Å²) in [5, 5.41) is 0. The predicted molar refractivity (Wildman–Crippen MR) is 63.9 cm³/mol. The molecule has 0 saturated heterocycles. The number of pyridine rings is 1. The molecule has 0 amide bonds. The molecule has 14 heavy (non-hydrogen) atoms. The molecule has 4 heteroatoms. The van der Waals surface area contributed by atoms with Gasteiger partial charge in [0.05, 0.1) is 5.69 Å². The minimum Gasteiger partial charge on any atom is -0.269 e. The lowest BCUT2D eigenvalue weighted by Crippen LogP contribution is -2.15. The van der Waals surface area contributed by atoms with Crippen LogP contribution in [0.15, 0.2) is 29.2 Å². The third kappa shape index (κ3) is 1.66. The number of alkyl halides is 1. The van der Waals surface area contributed by atoms with Gasteiger partial charge in [0.25, 0.3) is 5.56 Å². The first-order valence-electron chi connectivity index (χ1n) is 4.25. The quantitative estimate of drug-likeness (QED) is 0.596. The van der Waals surface area contributed by atoms with Crippen molar-refractivity contribution in [3.8, 4) is 0 Å². The maximum atomic E-state index is 11.6. The monoisotopic (exact) mass is 300 g/mol. The van der Waals surface area contributed by atoms with Crippen molar-refractivity contribution in [2.24, 2.45) is 0 Å². The van der Waals surface area contributed by atoms with Crippen LogP contribution in [0.4, 0.5) is 0 Å². The summed E-state index contributed by atoms with van der Waals surface area (Å²) in [7, 11) is 0. The highest BCUT2D eigenvalue weighted by molar-refractivity contribution is 14.1. The zero-order valence-electron chi connectivity index (χ0n) is 7.70. The highest BCUT2D eigenvalue weighted by atomic mass is 127.